The quantitative estimate of drug-likeness (QED) is 0.858. The van der Waals surface area contributed by atoms with Crippen LogP contribution in [-0.4, -0.2) is 12.1 Å². The van der Waals surface area contributed by atoms with E-state index in [1.165, 1.54) is 0 Å². The van der Waals surface area contributed by atoms with E-state index in [0.717, 1.165) is 5.56 Å². The van der Waals surface area contributed by atoms with Gasteiger partial charge in [0.25, 0.3) is 0 Å². The molecule has 0 unspecified atom stereocenters. The molecule has 0 aliphatic carbocycles. The summed E-state index contributed by atoms with van der Waals surface area (Å²) in [5.41, 5.74) is 7.29. The fraction of sp³-hybridized carbons (Fsp3) is 0.133. The highest BCUT2D eigenvalue weighted by Gasteiger charge is 2.08. The zero-order valence-electron chi connectivity index (χ0n) is 10.9. The maximum Gasteiger partial charge on any atom is 0.138 e. The summed E-state index contributed by atoms with van der Waals surface area (Å²) < 4.78 is 10.9. The Morgan fingerprint density at radius 1 is 1.20 bits per heavy atom. The summed E-state index contributed by atoms with van der Waals surface area (Å²) in [6, 6.07) is 12.9. The van der Waals surface area contributed by atoms with E-state index in [-0.39, 0.29) is 0 Å². The molecule has 0 amide bonds. The minimum absolute atomic E-state index is 0.306. The molecule has 0 bridgehead atoms. The van der Waals surface area contributed by atoms with Crippen molar-refractivity contribution in [3.63, 3.8) is 0 Å². The van der Waals surface area contributed by atoms with Gasteiger partial charge in [0, 0.05) is 0 Å². The molecule has 0 radical (unpaired) electrons. The third kappa shape index (κ3) is 3.40. The maximum absolute atomic E-state index is 6.03. The second-order valence-corrected chi connectivity index (χ2v) is 4.97. The molecule has 0 heterocycles. The van der Waals surface area contributed by atoms with Gasteiger partial charge in [0.05, 0.1) is 17.7 Å². The summed E-state index contributed by atoms with van der Waals surface area (Å²) in [7, 11) is 1.58. The molecule has 2 aromatic carbocycles. The Morgan fingerprint density at radius 3 is 2.60 bits per heavy atom. The van der Waals surface area contributed by atoms with E-state index >= 15 is 0 Å². The predicted octanol–water partition coefficient (Wildman–Crippen LogP) is 3.56. The molecule has 0 spiro atoms. The number of benzene rings is 2. The van der Waals surface area contributed by atoms with Gasteiger partial charge < -0.3 is 15.2 Å². The van der Waals surface area contributed by atoms with Crippen LogP contribution in [0.25, 0.3) is 0 Å². The Labute approximate surface area is 128 Å². The van der Waals surface area contributed by atoms with Gasteiger partial charge in [-0.05, 0) is 29.8 Å². The summed E-state index contributed by atoms with van der Waals surface area (Å²) >= 11 is 11.0. The van der Waals surface area contributed by atoms with E-state index in [0.29, 0.717) is 33.7 Å². The van der Waals surface area contributed by atoms with Crippen molar-refractivity contribution in [2.24, 2.45) is 5.73 Å². The zero-order valence-corrected chi connectivity index (χ0v) is 12.5. The number of para-hydroxylation sites is 1. The van der Waals surface area contributed by atoms with E-state index in [4.69, 9.17) is 39.0 Å². The average molecular weight is 308 g/mol. The van der Waals surface area contributed by atoms with E-state index in [2.05, 4.69) is 0 Å². The van der Waals surface area contributed by atoms with Crippen molar-refractivity contribution < 1.29 is 9.47 Å². The number of rotatable bonds is 5. The first-order chi connectivity index (χ1) is 9.61. The lowest BCUT2D eigenvalue weighted by Gasteiger charge is -2.11. The molecule has 2 rings (SSSR count). The highest BCUT2D eigenvalue weighted by molar-refractivity contribution is 7.80. The number of halogens is 1. The standard InChI is InChI=1S/C15H14ClNO2S/c1-18-14-8-10(6-7-11(14)15(17)20)9-19-13-5-3-2-4-12(13)16/h2-8H,9H2,1H3,(H2,17,20). The summed E-state index contributed by atoms with van der Waals surface area (Å²) in [6.07, 6.45) is 0. The molecule has 0 saturated heterocycles. The van der Waals surface area contributed by atoms with Gasteiger partial charge in [0.2, 0.25) is 0 Å². The molecule has 3 nitrogen and oxygen atoms in total. The number of hydrogen-bond donors (Lipinski definition) is 1. The maximum atomic E-state index is 6.03. The molecule has 0 atom stereocenters. The van der Waals surface area contributed by atoms with Gasteiger partial charge in [-0.1, -0.05) is 42.0 Å². The van der Waals surface area contributed by atoms with Crippen LogP contribution in [0.15, 0.2) is 42.5 Å². The molecule has 0 aliphatic rings. The van der Waals surface area contributed by atoms with Gasteiger partial charge in [0.1, 0.15) is 23.1 Å². The molecule has 20 heavy (non-hydrogen) atoms. The third-order valence-corrected chi connectivity index (χ3v) is 3.29. The highest BCUT2D eigenvalue weighted by atomic mass is 35.5. The fourth-order valence-corrected chi connectivity index (χ4v) is 2.11. The molecular formula is C15H14ClNO2S. The smallest absolute Gasteiger partial charge is 0.138 e. The number of methoxy groups -OCH3 is 1. The second-order valence-electron chi connectivity index (χ2n) is 4.12. The van der Waals surface area contributed by atoms with E-state index in [1.807, 2.05) is 36.4 Å². The topological polar surface area (TPSA) is 44.5 Å². The summed E-state index contributed by atoms with van der Waals surface area (Å²) in [6.45, 7) is 0.387. The minimum atomic E-state index is 0.306. The van der Waals surface area contributed by atoms with Gasteiger partial charge in [-0.3, -0.25) is 0 Å². The van der Waals surface area contributed by atoms with Gasteiger partial charge in [0.15, 0.2) is 0 Å². The first-order valence-electron chi connectivity index (χ1n) is 5.96. The Kier molecular flexibility index (Phi) is 4.82. The van der Waals surface area contributed by atoms with Gasteiger partial charge >= 0.3 is 0 Å². The Balaban J connectivity index is 2.15. The highest BCUT2D eigenvalue weighted by Crippen LogP contribution is 2.25. The van der Waals surface area contributed by atoms with Crippen molar-refractivity contribution in [2.45, 2.75) is 6.61 Å². The van der Waals surface area contributed by atoms with Crippen LogP contribution in [0.4, 0.5) is 0 Å². The van der Waals surface area contributed by atoms with Gasteiger partial charge in [-0.2, -0.15) is 0 Å². The van der Waals surface area contributed by atoms with Crippen LogP contribution in [0.2, 0.25) is 5.02 Å². The van der Waals surface area contributed by atoms with Crippen molar-refractivity contribution in [1.82, 2.24) is 0 Å². The molecule has 0 aromatic heterocycles. The van der Waals surface area contributed by atoms with Crippen LogP contribution in [0.1, 0.15) is 11.1 Å². The van der Waals surface area contributed by atoms with E-state index in [1.54, 1.807) is 13.2 Å². The molecule has 2 aromatic rings. The molecular weight excluding hydrogens is 294 g/mol. The normalized spacial score (nSPS) is 10.1. The zero-order chi connectivity index (χ0) is 14.5. The lowest BCUT2D eigenvalue weighted by Crippen LogP contribution is -2.11. The number of thiocarbonyl (C=S) groups is 1. The third-order valence-electron chi connectivity index (χ3n) is 2.76. The van der Waals surface area contributed by atoms with Crippen LogP contribution in [0.3, 0.4) is 0 Å². The summed E-state index contributed by atoms with van der Waals surface area (Å²) in [4.78, 5) is 0.306. The van der Waals surface area contributed by atoms with Crippen molar-refractivity contribution in [3.05, 3.63) is 58.6 Å². The Hall–Kier alpha value is -1.78. The lowest BCUT2D eigenvalue weighted by atomic mass is 10.1. The molecule has 0 saturated carbocycles. The summed E-state index contributed by atoms with van der Waals surface area (Å²) in [5.74, 6) is 1.28. The average Bonchev–Trinajstić information content (AvgIpc) is 2.46. The van der Waals surface area contributed by atoms with Gasteiger partial charge in [-0.25, -0.2) is 0 Å². The first kappa shape index (κ1) is 14.6. The SMILES string of the molecule is COc1cc(COc2ccccc2Cl)ccc1C(N)=S. The first-order valence-corrected chi connectivity index (χ1v) is 6.74. The predicted molar refractivity (Wildman–Crippen MR) is 84.7 cm³/mol. The van der Waals surface area contributed by atoms with E-state index < -0.39 is 0 Å². The Morgan fingerprint density at radius 2 is 1.95 bits per heavy atom. The minimum Gasteiger partial charge on any atom is -0.496 e. The monoisotopic (exact) mass is 307 g/mol. The molecule has 5 heteroatoms. The van der Waals surface area contributed by atoms with Crippen molar-refractivity contribution >= 4 is 28.8 Å². The van der Waals surface area contributed by atoms with Crippen molar-refractivity contribution in [3.8, 4) is 11.5 Å². The van der Waals surface area contributed by atoms with Gasteiger partial charge in [-0.15, -0.1) is 0 Å². The Bertz CT molecular complexity index is 631. The second kappa shape index (κ2) is 6.59. The van der Waals surface area contributed by atoms with Crippen molar-refractivity contribution in [2.75, 3.05) is 7.11 Å². The number of hydrogen-bond acceptors (Lipinski definition) is 3. The van der Waals surface area contributed by atoms with Crippen molar-refractivity contribution in [1.29, 1.82) is 0 Å². The van der Waals surface area contributed by atoms with Crippen LogP contribution in [0, 0.1) is 0 Å². The van der Waals surface area contributed by atoms with Crippen LogP contribution in [-0.2, 0) is 6.61 Å². The largest absolute Gasteiger partial charge is 0.496 e. The van der Waals surface area contributed by atoms with Crippen LogP contribution >= 0.6 is 23.8 Å². The number of ether oxygens (including phenoxy) is 2. The number of nitrogens with two attached hydrogens (primary N) is 1. The molecule has 0 fully saturated rings. The summed E-state index contributed by atoms with van der Waals surface area (Å²) in [5, 5.41) is 0.583. The molecule has 0 aliphatic heterocycles. The molecule has 104 valence electrons. The van der Waals surface area contributed by atoms with Crippen LogP contribution in [0.5, 0.6) is 11.5 Å². The lowest BCUT2D eigenvalue weighted by molar-refractivity contribution is 0.305. The van der Waals surface area contributed by atoms with Crippen LogP contribution < -0.4 is 15.2 Å². The fourth-order valence-electron chi connectivity index (χ4n) is 1.75. The van der Waals surface area contributed by atoms with E-state index in [9.17, 15) is 0 Å². The molecule has 2 N–H and O–H groups in total.